The highest BCUT2D eigenvalue weighted by atomic mass is 35.5. The molecule has 0 spiro atoms. The van der Waals surface area contributed by atoms with Crippen LogP contribution in [0.15, 0.2) is 18.2 Å². The summed E-state index contributed by atoms with van der Waals surface area (Å²) in [6.07, 6.45) is 2.24. The third kappa shape index (κ3) is 3.18. The Morgan fingerprint density at radius 2 is 2.11 bits per heavy atom. The minimum atomic E-state index is -0.622. The first-order chi connectivity index (χ1) is 8.39. The topological polar surface area (TPSA) is 23.5 Å². The molecule has 1 heterocycles. The van der Waals surface area contributed by atoms with E-state index in [4.69, 9.17) is 23.2 Å². The molecule has 1 aliphatic heterocycles. The Kier molecular flexibility index (Phi) is 4.22. The zero-order valence-corrected chi connectivity index (χ0v) is 12.3. The number of rotatable bonds is 2. The van der Waals surface area contributed by atoms with Crippen molar-refractivity contribution >= 4 is 23.2 Å². The second-order valence-corrected chi connectivity index (χ2v) is 6.25. The van der Waals surface area contributed by atoms with E-state index in [1.807, 2.05) is 12.1 Å². The van der Waals surface area contributed by atoms with Gasteiger partial charge in [-0.2, -0.15) is 0 Å². The fourth-order valence-corrected chi connectivity index (χ4v) is 2.92. The molecule has 1 N–H and O–H groups in total. The van der Waals surface area contributed by atoms with Gasteiger partial charge in [0.05, 0.1) is 15.6 Å². The molecule has 0 radical (unpaired) electrons. The summed E-state index contributed by atoms with van der Waals surface area (Å²) in [6.45, 7) is 3.08. The van der Waals surface area contributed by atoms with Gasteiger partial charge >= 0.3 is 0 Å². The maximum Gasteiger partial charge on any atom is 0.0714 e. The monoisotopic (exact) mass is 287 g/mol. The second-order valence-electron chi connectivity index (χ2n) is 5.43. The fourth-order valence-electron chi connectivity index (χ4n) is 2.60. The Morgan fingerprint density at radius 3 is 2.72 bits per heavy atom. The quantitative estimate of drug-likeness (QED) is 0.901. The average molecular weight is 288 g/mol. The van der Waals surface area contributed by atoms with E-state index in [1.165, 1.54) is 0 Å². The highest BCUT2D eigenvalue weighted by Gasteiger charge is 2.35. The molecule has 100 valence electrons. The third-order valence-corrected chi connectivity index (χ3v) is 4.61. The number of benzene rings is 1. The van der Waals surface area contributed by atoms with Gasteiger partial charge in [0.15, 0.2) is 0 Å². The Hall–Kier alpha value is -0.280. The van der Waals surface area contributed by atoms with Crippen molar-refractivity contribution in [2.45, 2.75) is 37.8 Å². The highest BCUT2D eigenvalue weighted by Crippen LogP contribution is 2.31. The lowest BCUT2D eigenvalue weighted by molar-refractivity contribution is -0.0353. The number of likely N-dealkylation sites (tertiary alicyclic amines) is 1. The van der Waals surface area contributed by atoms with E-state index in [0.29, 0.717) is 22.5 Å². The van der Waals surface area contributed by atoms with Gasteiger partial charge in [-0.15, -0.1) is 0 Å². The molecule has 0 saturated carbocycles. The minimum Gasteiger partial charge on any atom is -0.389 e. The summed E-state index contributed by atoms with van der Waals surface area (Å²) in [7, 11) is 2.10. The van der Waals surface area contributed by atoms with Crippen molar-refractivity contribution in [3.8, 4) is 0 Å². The molecule has 0 bridgehead atoms. The van der Waals surface area contributed by atoms with E-state index < -0.39 is 5.60 Å². The van der Waals surface area contributed by atoms with Crippen molar-refractivity contribution in [1.29, 1.82) is 0 Å². The predicted molar refractivity (Wildman–Crippen MR) is 76.4 cm³/mol. The van der Waals surface area contributed by atoms with Crippen molar-refractivity contribution in [3.05, 3.63) is 33.8 Å². The summed E-state index contributed by atoms with van der Waals surface area (Å²) in [4.78, 5) is 2.28. The summed E-state index contributed by atoms with van der Waals surface area (Å²) in [5, 5.41) is 11.8. The van der Waals surface area contributed by atoms with Gasteiger partial charge in [-0.25, -0.2) is 0 Å². The highest BCUT2D eigenvalue weighted by molar-refractivity contribution is 6.42. The first kappa shape index (κ1) is 14.1. The summed E-state index contributed by atoms with van der Waals surface area (Å²) in [5.41, 5.74) is 0.423. The van der Waals surface area contributed by atoms with E-state index in [9.17, 15) is 5.11 Å². The fraction of sp³-hybridized carbons (Fsp3) is 0.571. The van der Waals surface area contributed by atoms with Crippen LogP contribution in [0.2, 0.25) is 10.0 Å². The number of halogens is 2. The first-order valence-electron chi connectivity index (χ1n) is 6.26. The number of hydrogen-bond acceptors (Lipinski definition) is 2. The van der Waals surface area contributed by atoms with Crippen molar-refractivity contribution in [2.24, 2.45) is 0 Å². The number of aliphatic hydroxyl groups is 1. The molecule has 1 aromatic rings. The molecule has 2 nitrogen and oxygen atoms in total. The Labute approximate surface area is 119 Å². The van der Waals surface area contributed by atoms with Crippen molar-refractivity contribution in [3.63, 3.8) is 0 Å². The molecule has 0 amide bonds. The zero-order valence-electron chi connectivity index (χ0n) is 10.8. The Morgan fingerprint density at radius 1 is 1.39 bits per heavy atom. The maximum absolute atomic E-state index is 10.7. The molecule has 1 aliphatic rings. The molecular weight excluding hydrogens is 269 g/mol. The van der Waals surface area contributed by atoms with Gasteiger partial charge in [0.1, 0.15) is 0 Å². The molecule has 2 unspecified atom stereocenters. The molecule has 0 aliphatic carbocycles. The van der Waals surface area contributed by atoms with E-state index in [1.54, 1.807) is 6.07 Å². The van der Waals surface area contributed by atoms with E-state index in [-0.39, 0.29) is 0 Å². The van der Waals surface area contributed by atoms with Crippen molar-refractivity contribution < 1.29 is 5.11 Å². The van der Waals surface area contributed by atoms with Crippen LogP contribution in [0.3, 0.4) is 0 Å². The molecule has 1 fully saturated rings. The van der Waals surface area contributed by atoms with E-state index >= 15 is 0 Å². The smallest absolute Gasteiger partial charge is 0.0714 e. The van der Waals surface area contributed by atoms with Crippen molar-refractivity contribution in [2.75, 3.05) is 13.6 Å². The van der Waals surface area contributed by atoms with Gasteiger partial charge in [-0.05, 0) is 44.5 Å². The van der Waals surface area contributed by atoms with Crippen LogP contribution in [0.1, 0.15) is 25.3 Å². The van der Waals surface area contributed by atoms with Crippen LogP contribution >= 0.6 is 23.2 Å². The lowest BCUT2D eigenvalue weighted by Crippen LogP contribution is -2.48. The molecular formula is C14H19Cl2NO. The summed E-state index contributed by atoms with van der Waals surface area (Å²) in [5.74, 6) is 0. The van der Waals surface area contributed by atoms with Crippen LogP contribution in [-0.4, -0.2) is 35.2 Å². The van der Waals surface area contributed by atoms with Crippen LogP contribution in [0, 0.1) is 0 Å². The average Bonchev–Trinajstić information content (AvgIpc) is 2.29. The van der Waals surface area contributed by atoms with E-state index in [0.717, 1.165) is 24.9 Å². The van der Waals surface area contributed by atoms with Gasteiger partial charge in [0, 0.05) is 19.0 Å². The lowest BCUT2D eigenvalue weighted by atomic mass is 9.82. The molecule has 1 aromatic carbocycles. The first-order valence-corrected chi connectivity index (χ1v) is 7.02. The predicted octanol–water partition coefficient (Wildman–Crippen LogP) is 3.38. The van der Waals surface area contributed by atoms with Crippen LogP contribution in [0.4, 0.5) is 0 Å². The number of hydrogen-bond donors (Lipinski definition) is 1. The van der Waals surface area contributed by atoms with Crippen LogP contribution < -0.4 is 0 Å². The lowest BCUT2D eigenvalue weighted by Gasteiger charge is -2.41. The molecule has 2 atom stereocenters. The standard InChI is InChI=1S/C14H19Cl2NO/c1-10-8-14(18,5-6-17(10)2)9-11-3-4-12(15)13(16)7-11/h3-4,7,10,18H,5-6,8-9H2,1-2H3. The van der Waals surface area contributed by atoms with Crippen molar-refractivity contribution in [1.82, 2.24) is 4.90 Å². The molecule has 0 aromatic heterocycles. The summed E-state index contributed by atoms with van der Waals surface area (Å²) in [6, 6.07) is 5.99. The van der Waals surface area contributed by atoms with Gasteiger partial charge in [0.25, 0.3) is 0 Å². The Bertz CT molecular complexity index is 438. The maximum atomic E-state index is 10.7. The molecule has 2 rings (SSSR count). The number of piperidine rings is 1. The second kappa shape index (κ2) is 5.38. The third-order valence-electron chi connectivity index (χ3n) is 3.87. The SMILES string of the molecule is CC1CC(O)(Cc2ccc(Cl)c(Cl)c2)CCN1C. The summed E-state index contributed by atoms with van der Waals surface area (Å²) < 4.78 is 0. The zero-order chi connectivity index (χ0) is 13.3. The van der Waals surface area contributed by atoms with Crippen LogP contribution in [-0.2, 0) is 6.42 Å². The summed E-state index contributed by atoms with van der Waals surface area (Å²) >= 11 is 11.9. The van der Waals surface area contributed by atoms with Crippen LogP contribution in [0.25, 0.3) is 0 Å². The normalized spacial score (nSPS) is 29.5. The molecule has 4 heteroatoms. The van der Waals surface area contributed by atoms with Crippen LogP contribution in [0.5, 0.6) is 0 Å². The Balaban J connectivity index is 2.10. The van der Waals surface area contributed by atoms with Gasteiger partial charge in [-0.1, -0.05) is 29.3 Å². The molecule has 1 saturated heterocycles. The van der Waals surface area contributed by atoms with Gasteiger partial charge in [0.2, 0.25) is 0 Å². The molecule has 18 heavy (non-hydrogen) atoms. The number of nitrogens with zero attached hydrogens (tertiary/aromatic N) is 1. The van der Waals surface area contributed by atoms with Gasteiger partial charge in [-0.3, -0.25) is 0 Å². The minimum absolute atomic E-state index is 0.409. The van der Waals surface area contributed by atoms with Gasteiger partial charge < -0.3 is 10.0 Å². The largest absolute Gasteiger partial charge is 0.389 e. The van der Waals surface area contributed by atoms with E-state index in [2.05, 4.69) is 18.9 Å².